The van der Waals surface area contributed by atoms with Gasteiger partial charge < -0.3 is 10.4 Å². The Morgan fingerprint density at radius 2 is 2.00 bits per heavy atom. The Hall–Kier alpha value is -3.33. The van der Waals surface area contributed by atoms with E-state index in [1.807, 2.05) is 37.3 Å². The Bertz CT molecular complexity index is 944. The maximum Gasteiger partial charge on any atom is 0.240 e. The van der Waals surface area contributed by atoms with Gasteiger partial charge in [0.05, 0.1) is 18.0 Å². The number of carbonyl (C=O) groups excluding carboxylic acids is 1. The zero-order valence-electron chi connectivity index (χ0n) is 15.2. The smallest absolute Gasteiger partial charge is 0.240 e. The first-order chi connectivity index (χ1) is 13.6. The van der Waals surface area contributed by atoms with Gasteiger partial charge in [0.2, 0.25) is 17.0 Å². The lowest BCUT2D eigenvalue weighted by atomic mass is 10.1. The lowest BCUT2D eigenvalue weighted by Crippen LogP contribution is -2.28. The van der Waals surface area contributed by atoms with E-state index in [4.69, 9.17) is 0 Å². The number of para-hydroxylation sites is 1. The fraction of sp³-hybridized carbons (Fsp3) is 0.158. The number of aromatic hydroxyl groups is 1. The molecular formula is C19H20N6O2S. The molecule has 0 unspecified atom stereocenters. The molecule has 0 saturated heterocycles. The van der Waals surface area contributed by atoms with Crippen LogP contribution in [0.15, 0.2) is 64.9 Å². The van der Waals surface area contributed by atoms with E-state index in [9.17, 15) is 9.90 Å². The standard InChI is InChI=1S/C19H20N6O2S/c1-13(14-7-3-2-4-8-14)21-17(27)12-28-19-22-18(24-25-19)23-20-11-15-9-5-6-10-16(15)26/h2-11,13,26H,12H2,1H3,(H,21,27)(H2,22,23,24,25)/b20-11+/t13-/m0/s1. The van der Waals surface area contributed by atoms with Crippen molar-refractivity contribution in [2.75, 3.05) is 11.2 Å². The number of thioether (sulfide) groups is 1. The number of nitrogens with one attached hydrogen (secondary N) is 3. The van der Waals surface area contributed by atoms with Crippen LogP contribution >= 0.6 is 11.8 Å². The molecule has 0 aliphatic heterocycles. The minimum Gasteiger partial charge on any atom is -0.507 e. The summed E-state index contributed by atoms with van der Waals surface area (Å²) in [4.78, 5) is 16.3. The van der Waals surface area contributed by atoms with Crippen LogP contribution in [0.4, 0.5) is 5.95 Å². The first kappa shape index (κ1) is 19.4. The van der Waals surface area contributed by atoms with Crippen LogP contribution in [0.1, 0.15) is 24.1 Å². The molecule has 28 heavy (non-hydrogen) atoms. The number of nitrogens with zero attached hydrogens (tertiary/aromatic N) is 3. The maximum atomic E-state index is 12.1. The zero-order valence-corrected chi connectivity index (χ0v) is 16.0. The molecule has 1 amide bonds. The van der Waals surface area contributed by atoms with Crippen LogP contribution in [0.2, 0.25) is 0 Å². The summed E-state index contributed by atoms with van der Waals surface area (Å²) in [5, 5.41) is 23.8. The molecule has 0 radical (unpaired) electrons. The number of aromatic nitrogens is 3. The number of H-pyrrole nitrogens is 1. The SMILES string of the molecule is C[C@H](NC(=O)CSc1n[nH]c(N/N=C/c2ccccc2O)n1)c1ccccc1. The molecule has 3 rings (SSSR count). The summed E-state index contributed by atoms with van der Waals surface area (Å²) in [6, 6.07) is 16.5. The Morgan fingerprint density at radius 1 is 1.25 bits per heavy atom. The van der Waals surface area contributed by atoms with Gasteiger partial charge in [0, 0.05) is 5.56 Å². The average molecular weight is 396 g/mol. The molecule has 1 aromatic heterocycles. The quantitative estimate of drug-likeness (QED) is 0.264. The summed E-state index contributed by atoms with van der Waals surface area (Å²) >= 11 is 1.22. The van der Waals surface area contributed by atoms with Gasteiger partial charge in [-0.05, 0) is 24.6 Å². The number of anilines is 1. The van der Waals surface area contributed by atoms with Gasteiger partial charge in [-0.1, -0.05) is 54.2 Å². The van der Waals surface area contributed by atoms with Gasteiger partial charge in [0.15, 0.2) is 0 Å². The molecule has 0 fully saturated rings. The van der Waals surface area contributed by atoms with Crippen molar-refractivity contribution in [2.24, 2.45) is 5.10 Å². The van der Waals surface area contributed by atoms with Gasteiger partial charge in [-0.3, -0.25) is 4.79 Å². The topological polar surface area (TPSA) is 115 Å². The first-order valence-electron chi connectivity index (χ1n) is 8.58. The third-order valence-corrected chi connectivity index (χ3v) is 4.63. The highest BCUT2D eigenvalue weighted by molar-refractivity contribution is 7.99. The van der Waals surface area contributed by atoms with E-state index in [-0.39, 0.29) is 23.5 Å². The number of rotatable bonds is 8. The molecule has 1 heterocycles. The lowest BCUT2D eigenvalue weighted by molar-refractivity contribution is -0.119. The molecule has 2 aromatic carbocycles. The van der Waals surface area contributed by atoms with Gasteiger partial charge in [0.25, 0.3) is 0 Å². The van der Waals surface area contributed by atoms with E-state index in [2.05, 4.69) is 31.0 Å². The van der Waals surface area contributed by atoms with Crippen LogP contribution in [0.25, 0.3) is 0 Å². The number of aromatic amines is 1. The molecule has 9 heteroatoms. The van der Waals surface area contributed by atoms with Crippen molar-refractivity contribution in [3.63, 3.8) is 0 Å². The molecule has 8 nitrogen and oxygen atoms in total. The lowest BCUT2D eigenvalue weighted by Gasteiger charge is -2.13. The summed E-state index contributed by atoms with van der Waals surface area (Å²) in [5.41, 5.74) is 4.32. The van der Waals surface area contributed by atoms with Crippen LogP contribution < -0.4 is 10.7 Å². The second kappa shape index (κ2) is 9.56. The second-order valence-corrected chi connectivity index (χ2v) is 6.83. The number of amides is 1. The molecule has 144 valence electrons. The fourth-order valence-corrected chi connectivity index (χ4v) is 2.97. The Morgan fingerprint density at radius 3 is 2.79 bits per heavy atom. The summed E-state index contributed by atoms with van der Waals surface area (Å²) in [6.07, 6.45) is 1.48. The first-order valence-corrected chi connectivity index (χ1v) is 9.57. The Labute approximate surface area is 166 Å². The highest BCUT2D eigenvalue weighted by atomic mass is 32.2. The predicted octanol–water partition coefficient (Wildman–Crippen LogP) is 2.93. The van der Waals surface area contributed by atoms with E-state index < -0.39 is 0 Å². The average Bonchev–Trinajstić information content (AvgIpc) is 3.16. The monoisotopic (exact) mass is 396 g/mol. The molecular weight excluding hydrogens is 376 g/mol. The second-order valence-electron chi connectivity index (χ2n) is 5.88. The largest absolute Gasteiger partial charge is 0.507 e. The number of hydrogen-bond donors (Lipinski definition) is 4. The van der Waals surface area contributed by atoms with Crippen molar-refractivity contribution in [1.29, 1.82) is 0 Å². The van der Waals surface area contributed by atoms with Crippen molar-refractivity contribution in [2.45, 2.75) is 18.1 Å². The number of hydrazone groups is 1. The zero-order chi connectivity index (χ0) is 19.8. The number of phenolic OH excluding ortho intramolecular Hbond substituents is 1. The molecule has 0 saturated carbocycles. The van der Waals surface area contributed by atoms with Crippen molar-refractivity contribution in [3.8, 4) is 5.75 Å². The summed E-state index contributed by atoms with van der Waals surface area (Å²) in [6.45, 7) is 1.94. The van der Waals surface area contributed by atoms with Crippen molar-refractivity contribution < 1.29 is 9.90 Å². The van der Waals surface area contributed by atoms with Gasteiger partial charge in [-0.15, -0.1) is 5.10 Å². The minimum atomic E-state index is -0.0989. The fourth-order valence-electron chi connectivity index (χ4n) is 2.36. The third-order valence-electron chi connectivity index (χ3n) is 3.79. The summed E-state index contributed by atoms with van der Waals surface area (Å²) in [7, 11) is 0. The van der Waals surface area contributed by atoms with Crippen LogP contribution in [0.3, 0.4) is 0 Å². The predicted molar refractivity (Wildman–Crippen MR) is 109 cm³/mol. The Balaban J connectivity index is 1.45. The molecule has 0 aliphatic carbocycles. The van der Waals surface area contributed by atoms with Crippen LogP contribution in [0.5, 0.6) is 5.75 Å². The van der Waals surface area contributed by atoms with Gasteiger partial charge in [-0.25, -0.2) is 10.5 Å². The highest BCUT2D eigenvalue weighted by Crippen LogP contribution is 2.16. The molecule has 3 aromatic rings. The number of carbonyl (C=O) groups is 1. The normalized spacial score (nSPS) is 12.0. The van der Waals surface area contributed by atoms with Gasteiger partial charge >= 0.3 is 0 Å². The van der Waals surface area contributed by atoms with Crippen LogP contribution in [0, 0.1) is 0 Å². The molecule has 1 atom stereocenters. The Kier molecular flexibility index (Phi) is 6.64. The number of hydrogen-bond acceptors (Lipinski definition) is 7. The van der Waals surface area contributed by atoms with E-state index in [0.717, 1.165) is 5.56 Å². The van der Waals surface area contributed by atoms with Gasteiger partial charge in [-0.2, -0.15) is 10.1 Å². The molecule has 4 N–H and O–H groups in total. The third kappa shape index (κ3) is 5.58. The maximum absolute atomic E-state index is 12.1. The van der Waals surface area contributed by atoms with Crippen molar-refractivity contribution in [3.05, 3.63) is 65.7 Å². The molecule has 0 spiro atoms. The van der Waals surface area contributed by atoms with Crippen molar-refractivity contribution >= 4 is 29.8 Å². The summed E-state index contributed by atoms with van der Waals surface area (Å²) in [5.74, 6) is 0.582. The minimum absolute atomic E-state index is 0.0672. The number of phenols is 1. The van der Waals surface area contributed by atoms with E-state index in [1.165, 1.54) is 18.0 Å². The van der Waals surface area contributed by atoms with Crippen LogP contribution in [-0.2, 0) is 4.79 Å². The van der Waals surface area contributed by atoms with E-state index in [0.29, 0.717) is 16.7 Å². The van der Waals surface area contributed by atoms with Crippen molar-refractivity contribution in [1.82, 2.24) is 20.5 Å². The van der Waals surface area contributed by atoms with Gasteiger partial charge in [0.1, 0.15) is 5.75 Å². The number of benzene rings is 2. The van der Waals surface area contributed by atoms with Crippen LogP contribution in [-0.4, -0.2) is 38.2 Å². The van der Waals surface area contributed by atoms with E-state index in [1.54, 1.807) is 24.3 Å². The molecule has 0 aliphatic rings. The molecule has 0 bridgehead atoms. The van der Waals surface area contributed by atoms with E-state index >= 15 is 0 Å². The highest BCUT2D eigenvalue weighted by Gasteiger charge is 2.11. The summed E-state index contributed by atoms with van der Waals surface area (Å²) < 4.78 is 0.